The summed E-state index contributed by atoms with van der Waals surface area (Å²) in [7, 11) is 0. The van der Waals surface area contributed by atoms with Crippen LogP contribution in [0.1, 0.15) is 39.5 Å². The summed E-state index contributed by atoms with van der Waals surface area (Å²) in [5, 5.41) is 1.11. The van der Waals surface area contributed by atoms with Crippen LogP contribution in [0.4, 0.5) is 0 Å². The summed E-state index contributed by atoms with van der Waals surface area (Å²) in [4.78, 5) is 0. The molecule has 0 saturated carbocycles. The Bertz CT molecular complexity index is 148. The molecule has 1 atom stereocenters. The van der Waals surface area contributed by atoms with Gasteiger partial charge in [-0.15, -0.1) is 0 Å². The highest BCUT2D eigenvalue weighted by Crippen LogP contribution is 2.25. The number of halogens is 1. The van der Waals surface area contributed by atoms with E-state index in [0.717, 1.165) is 18.4 Å². The summed E-state index contributed by atoms with van der Waals surface area (Å²) in [6.45, 7) is 4.72. The van der Waals surface area contributed by atoms with E-state index in [4.69, 9.17) is 9.47 Å². The van der Waals surface area contributed by atoms with Crippen LogP contribution in [0.5, 0.6) is 0 Å². The van der Waals surface area contributed by atoms with Gasteiger partial charge in [0.05, 0.1) is 12.7 Å². The second-order valence-electron chi connectivity index (χ2n) is 3.99. The number of ether oxygens (including phenoxy) is 2. The van der Waals surface area contributed by atoms with Crippen LogP contribution in [0, 0.1) is 0 Å². The zero-order chi connectivity index (χ0) is 9.73. The van der Waals surface area contributed by atoms with Crippen molar-refractivity contribution < 1.29 is 9.47 Å². The van der Waals surface area contributed by atoms with Crippen LogP contribution in [0.3, 0.4) is 0 Å². The first kappa shape index (κ1) is 11.5. The van der Waals surface area contributed by atoms with Crippen LogP contribution < -0.4 is 0 Å². The van der Waals surface area contributed by atoms with Crippen LogP contribution in [-0.2, 0) is 9.47 Å². The van der Waals surface area contributed by atoms with E-state index in [1.807, 2.05) is 13.8 Å². The van der Waals surface area contributed by atoms with Crippen molar-refractivity contribution in [3.63, 3.8) is 0 Å². The highest BCUT2D eigenvalue weighted by molar-refractivity contribution is 9.09. The number of rotatable bonds is 5. The van der Waals surface area contributed by atoms with Crippen molar-refractivity contribution in [2.75, 3.05) is 11.9 Å². The van der Waals surface area contributed by atoms with Gasteiger partial charge >= 0.3 is 0 Å². The van der Waals surface area contributed by atoms with Crippen molar-refractivity contribution in [1.82, 2.24) is 0 Å². The highest BCUT2D eigenvalue weighted by Gasteiger charge is 2.31. The Morgan fingerprint density at radius 2 is 2.08 bits per heavy atom. The number of hydrogen-bond acceptors (Lipinski definition) is 2. The number of alkyl halides is 1. The Morgan fingerprint density at radius 1 is 1.31 bits per heavy atom. The first-order valence-electron chi connectivity index (χ1n) is 5.02. The van der Waals surface area contributed by atoms with Crippen molar-refractivity contribution in [3.8, 4) is 0 Å². The Labute approximate surface area is 89.1 Å². The zero-order valence-electron chi connectivity index (χ0n) is 8.51. The highest BCUT2D eigenvalue weighted by atomic mass is 79.9. The first-order valence-corrected chi connectivity index (χ1v) is 6.14. The third kappa shape index (κ3) is 4.43. The molecule has 0 N–H and O–H groups in total. The molecule has 0 aromatic rings. The minimum absolute atomic E-state index is 0.324. The molecular formula is C10H19BrO2. The van der Waals surface area contributed by atoms with Crippen LogP contribution in [0.25, 0.3) is 0 Å². The van der Waals surface area contributed by atoms with Gasteiger partial charge in [-0.05, 0) is 26.7 Å². The molecule has 2 nitrogen and oxygen atoms in total. The van der Waals surface area contributed by atoms with Crippen LogP contribution in [0.15, 0.2) is 0 Å². The minimum atomic E-state index is -0.347. The second-order valence-corrected chi connectivity index (χ2v) is 4.78. The van der Waals surface area contributed by atoms with E-state index in [0.29, 0.717) is 6.10 Å². The lowest BCUT2D eigenvalue weighted by molar-refractivity contribution is -0.139. The largest absolute Gasteiger partial charge is 0.348 e. The van der Waals surface area contributed by atoms with Gasteiger partial charge in [0.15, 0.2) is 5.79 Å². The topological polar surface area (TPSA) is 18.5 Å². The van der Waals surface area contributed by atoms with Gasteiger partial charge in [0, 0.05) is 5.33 Å². The fraction of sp³-hybridized carbons (Fsp3) is 1.00. The molecular weight excluding hydrogens is 232 g/mol. The van der Waals surface area contributed by atoms with Gasteiger partial charge in [0.25, 0.3) is 0 Å². The van der Waals surface area contributed by atoms with E-state index in [9.17, 15) is 0 Å². The van der Waals surface area contributed by atoms with Crippen molar-refractivity contribution in [2.45, 2.75) is 51.4 Å². The Hall–Kier alpha value is 0.400. The van der Waals surface area contributed by atoms with Gasteiger partial charge in [-0.1, -0.05) is 28.8 Å². The quantitative estimate of drug-likeness (QED) is 0.552. The molecule has 1 saturated heterocycles. The number of hydrogen-bond donors (Lipinski definition) is 0. The van der Waals surface area contributed by atoms with Crippen molar-refractivity contribution in [3.05, 3.63) is 0 Å². The SMILES string of the molecule is CC1(C)OCC(CCCCCBr)O1. The lowest BCUT2D eigenvalue weighted by atomic mass is 10.1. The van der Waals surface area contributed by atoms with Gasteiger partial charge in [-0.25, -0.2) is 0 Å². The summed E-state index contributed by atoms with van der Waals surface area (Å²) >= 11 is 3.43. The van der Waals surface area contributed by atoms with E-state index in [-0.39, 0.29) is 5.79 Å². The van der Waals surface area contributed by atoms with E-state index >= 15 is 0 Å². The monoisotopic (exact) mass is 250 g/mol. The van der Waals surface area contributed by atoms with Gasteiger partial charge < -0.3 is 9.47 Å². The molecule has 0 bridgehead atoms. The number of unbranched alkanes of at least 4 members (excludes halogenated alkanes) is 2. The minimum Gasteiger partial charge on any atom is -0.348 e. The maximum absolute atomic E-state index is 5.70. The summed E-state index contributed by atoms with van der Waals surface area (Å²) < 4.78 is 11.2. The fourth-order valence-corrected chi connectivity index (χ4v) is 1.95. The summed E-state index contributed by atoms with van der Waals surface area (Å²) in [5.74, 6) is -0.347. The smallest absolute Gasteiger partial charge is 0.163 e. The molecule has 3 heteroatoms. The van der Waals surface area contributed by atoms with Gasteiger partial charge in [-0.3, -0.25) is 0 Å². The lowest BCUT2D eigenvalue weighted by Gasteiger charge is -2.16. The summed E-state index contributed by atoms with van der Waals surface area (Å²) in [5.41, 5.74) is 0. The molecule has 78 valence electrons. The third-order valence-electron chi connectivity index (χ3n) is 2.23. The predicted octanol–water partition coefficient (Wildman–Crippen LogP) is 3.09. The Balaban J connectivity index is 2.04. The molecule has 0 amide bonds. The molecule has 1 heterocycles. The Morgan fingerprint density at radius 3 is 2.62 bits per heavy atom. The van der Waals surface area contributed by atoms with Crippen LogP contribution >= 0.6 is 15.9 Å². The maximum atomic E-state index is 5.70. The van der Waals surface area contributed by atoms with Gasteiger partial charge in [-0.2, -0.15) is 0 Å². The molecule has 0 aromatic heterocycles. The molecule has 0 aromatic carbocycles. The molecule has 1 aliphatic heterocycles. The first-order chi connectivity index (χ1) is 6.14. The van der Waals surface area contributed by atoms with Crippen molar-refractivity contribution >= 4 is 15.9 Å². The fourth-order valence-electron chi connectivity index (χ4n) is 1.55. The lowest BCUT2D eigenvalue weighted by Crippen LogP contribution is -2.21. The van der Waals surface area contributed by atoms with E-state index in [1.54, 1.807) is 0 Å². The molecule has 0 radical (unpaired) electrons. The maximum Gasteiger partial charge on any atom is 0.163 e. The van der Waals surface area contributed by atoms with E-state index in [2.05, 4.69) is 15.9 Å². The van der Waals surface area contributed by atoms with Gasteiger partial charge in [0.1, 0.15) is 0 Å². The summed E-state index contributed by atoms with van der Waals surface area (Å²) in [6.07, 6.45) is 5.25. The molecule has 1 unspecified atom stereocenters. The van der Waals surface area contributed by atoms with E-state index < -0.39 is 0 Å². The molecule has 0 aliphatic carbocycles. The summed E-state index contributed by atoms with van der Waals surface area (Å²) in [6, 6.07) is 0. The normalized spacial score (nSPS) is 26.5. The molecule has 1 fully saturated rings. The second kappa shape index (κ2) is 5.32. The third-order valence-corrected chi connectivity index (χ3v) is 2.79. The van der Waals surface area contributed by atoms with Crippen LogP contribution in [0.2, 0.25) is 0 Å². The molecule has 1 rings (SSSR count). The molecule has 1 aliphatic rings. The average molecular weight is 251 g/mol. The molecule has 13 heavy (non-hydrogen) atoms. The standard InChI is InChI=1S/C10H19BrO2/c1-10(2)12-8-9(13-10)6-4-3-5-7-11/h9H,3-8H2,1-2H3. The predicted molar refractivity (Wildman–Crippen MR) is 57.2 cm³/mol. The van der Waals surface area contributed by atoms with E-state index in [1.165, 1.54) is 19.3 Å². The van der Waals surface area contributed by atoms with Crippen LogP contribution in [-0.4, -0.2) is 23.8 Å². The van der Waals surface area contributed by atoms with Crippen molar-refractivity contribution in [1.29, 1.82) is 0 Å². The zero-order valence-corrected chi connectivity index (χ0v) is 10.1. The molecule has 0 spiro atoms. The Kier molecular flexibility index (Phi) is 4.70. The van der Waals surface area contributed by atoms with Crippen molar-refractivity contribution in [2.24, 2.45) is 0 Å². The van der Waals surface area contributed by atoms with Gasteiger partial charge in [0.2, 0.25) is 0 Å². The average Bonchev–Trinajstić information content (AvgIpc) is 2.40.